The van der Waals surface area contributed by atoms with Gasteiger partial charge in [-0.05, 0) is 30.3 Å². The molecule has 0 aliphatic carbocycles. The number of nitrogens with zero attached hydrogens (tertiary/aromatic N) is 3. The number of halogens is 1. The van der Waals surface area contributed by atoms with Gasteiger partial charge in [0.25, 0.3) is 5.91 Å². The summed E-state index contributed by atoms with van der Waals surface area (Å²) in [5.74, 6) is 0.303. The van der Waals surface area contributed by atoms with E-state index in [0.29, 0.717) is 16.5 Å². The van der Waals surface area contributed by atoms with Crippen LogP contribution in [-0.2, 0) is 4.79 Å². The zero-order chi connectivity index (χ0) is 16.1. The number of ether oxygens (including phenoxy) is 1. The predicted molar refractivity (Wildman–Crippen MR) is 86.9 cm³/mol. The molecule has 3 aromatic rings. The molecular formula is C16H13ClN4O2. The number of amides is 1. The van der Waals surface area contributed by atoms with Crippen LogP contribution in [0, 0.1) is 0 Å². The molecular weight excluding hydrogens is 316 g/mol. The lowest BCUT2D eigenvalue weighted by atomic mass is 10.3. The van der Waals surface area contributed by atoms with E-state index in [-0.39, 0.29) is 12.5 Å². The molecule has 0 atom stereocenters. The topological polar surface area (TPSA) is 69.0 Å². The lowest BCUT2D eigenvalue weighted by Gasteiger charge is -2.09. The molecule has 2 aromatic carbocycles. The van der Waals surface area contributed by atoms with Gasteiger partial charge in [0.15, 0.2) is 6.61 Å². The van der Waals surface area contributed by atoms with Crippen molar-refractivity contribution in [1.29, 1.82) is 0 Å². The molecule has 0 unspecified atom stereocenters. The standard InChI is InChI=1S/C16H13ClN4O2/c17-12-3-1-4-13(7-12)20-16(22)9-23-15-6-2-5-14(8-15)21-11-18-10-19-21/h1-8,10-11H,9H2,(H,20,22). The molecule has 116 valence electrons. The number of anilines is 1. The molecule has 0 aliphatic rings. The van der Waals surface area contributed by atoms with E-state index in [0.717, 1.165) is 5.69 Å². The maximum Gasteiger partial charge on any atom is 0.262 e. The molecule has 0 bridgehead atoms. The van der Waals surface area contributed by atoms with Gasteiger partial charge in [0.2, 0.25) is 0 Å². The number of hydrogen-bond acceptors (Lipinski definition) is 4. The Morgan fingerprint density at radius 3 is 2.87 bits per heavy atom. The molecule has 1 N–H and O–H groups in total. The molecule has 1 aromatic heterocycles. The van der Waals surface area contributed by atoms with Crippen molar-refractivity contribution in [3.05, 3.63) is 66.2 Å². The molecule has 0 radical (unpaired) electrons. The van der Waals surface area contributed by atoms with E-state index in [1.807, 2.05) is 12.1 Å². The van der Waals surface area contributed by atoms with E-state index in [1.54, 1.807) is 47.4 Å². The number of rotatable bonds is 5. The van der Waals surface area contributed by atoms with E-state index < -0.39 is 0 Å². The SMILES string of the molecule is O=C(COc1cccc(-n2cncn2)c1)Nc1cccc(Cl)c1. The quantitative estimate of drug-likeness (QED) is 0.782. The third-order valence-electron chi connectivity index (χ3n) is 2.98. The summed E-state index contributed by atoms with van der Waals surface area (Å²) in [6.07, 6.45) is 3.04. The lowest BCUT2D eigenvalue weighted by molar-refractivity contribution is -0.118. The van der Waals surface area contributed by atoms with Gasteiger partial charge in [-0.1, -0.05) is 23.7 Å². The molecule has 0 saturated carbocycles. The molecule has 1 heterocycles. The van der Waals surface area contributed by atoms with E-state index in [1.165, 1.54) is 6.33 Å². The first-order valence-corrected chi connectivity index (χ1v) is 7.22. The van der Waals surface area contributed by atoms with Crippen LogP contribution in [0.1, 0.15) is 0 Å². The Labute approximate surface area is 137 Å². The van der Waals surface area contributed by atoms with Crippen LogP contribution in [0.3, 0.4) is 0 Å². The van der Waals surface area contributed by atoms with Gasteiger partial charge in [-0.15, -0.1) is 0 Å². The Bertz CT molecular complexity index is 805. The fourth-order valence-corrected chi connectivity index (χ4v) is 2.16. The second kappa shape index (κ2) is 6.93. The number of carbonyl (C=O) groups is 1. The van der Waals surface area contributed by atoms with Crippen molar-refractivity contribution in [2.24, 2.45) is 0 Å². The van der Waals surface area contributed by atoms with Crippen LogP contribution in [0.5, 0.6) is 5.75 Å². The summed E-state index contributed by atoms with van der Waals surface area (Å²) in [6.45, 7) is -0.104. The van der Waals surface area contributed by atoms with Crippen LogP contribution in [0.15, 0.2) is 61.2 Å². The maximum atomic E-state index is 11.9. The number of nitrogens with one attached hydrogen (secondary N) is 1. The normalized spacial score (nSPS) is 10.3. The summed E-state index contributed by atoms with van der Waals surface area (Å²) in [7, 11) is 0. The first kappa shape index (κ1) is 15.1. The molecule has 6 nitrogen and oxygen atoms in total. The smallest absolute Gasteiger partial charge is 0.262 e. The van der Waals surface area contributed by atoms with Crippen molar-refractivity contribution in [2.45, 2.75) is 0 Å². The molecule has 7 heteroatoms. The highest BCUT2D eigenvalue weighted by Gasteiger charge is 2.05. The lowest BCUT2D eigenvalue weighted by Crippen LogP contribution is -2.20. The second-order valence-corrected chi connectivity index (χ2v) is 5.12. The number of hydrogen-bond donors (Lipinski definition) is 1. The Morgan fingerprint density at radius 2 is 2.09 bits per heavy atom. The highest BCUT2D eigenvalue weighted by atomic mass is 35.5. The summed E-state index contributed by atoms with van der Waals surface area (Å²) >= 11 is 5.87. The fourth-order valence-electron chi connectivity index (χ4n) is 1.97. The van der Waals surface area contributed by atoms with Gasteiger partial charge in [-0.25, -0.2) is 9.67 Å². The van der Waals surface area contributed by atoms with Crippen LogP contribution in [0.25, 0.3) is 5.69 Å². The maximum absolute atomic E-state index is 11.9. The highest BCUT2D eigenvalue weighted by molar-refractivity contribution is 6.30. The van der Waals surface area contributed by atoms with Crippen LogP contribution < -0.4 is 10.1 Å². The van der Waals surface area contributed by atoms with Crippen molar-refractivity contribution >= 4 is 23.2 Å². The summed E-state index contributed by atoms with van der Waals surface area (Å²) < 4.78 is 7.11. The Balaban J connectivity index is 1.60. The van der Waals surface area contributed by atoms with Gasteiger partial charge in [-0.3, -0.25) is 4.79 Å². The Kier molecular flexibility index (Phi) is 4.54. The van der Waals surface area contributed by atoms with Gasteiger partial charge in [-0.2, -0.15) is 5.10 Å². The monoisotopic (exact) mass is 328 g/mol. The van der Waals surface area contributed by atoms with Gasteiger partial charge in [0.05, 0.1) is 5.69 Å². The second-order valence-electron chi connectivity index (χ2n) is 4.68. The largest absolute Gasteiger partial charge is 0.484 e. The average molecular weight is 329 g/mol. The van der Waals surface area contributed by atoms with Crippen molar-refractivity contribution in [1.82, 2.24) is 14.8 Å². The zero-order valence-corrected chi connectivity index (χ0v) is 12.8. The van der Waals surface area contributed by atoms with Gasteiger partial charge in [0, 0.05) is 16.8 Å². The van der Waals surface area contributed by atoms with Crippen molar-refractivity contribution in [2.75, 3.05) is 11.9 Å². The molecule has 0 spiro atoms. The summed E-state index contributed by atoms with van der Waals surface area (Å²) in [5, 5.41) is 7.32. The third-order valence-corrected chi connectivity index (χ3v) is 3.21. The summed E-state index contributed by atoms with van der Waals surface area (Å²) in [6, 6.07) is 14.2. The zero-order valence-electron chi connectivity index (χ0n) is 12.0. The summed E-state index contributed by atoms with van der Waals surface area (Å²) in [4.78, 5) is 15.8. The fraction of sp³-hybridized carbons (Fsp3) is 0.0625. The average Bonchev–Trinajstić information content (AvgIpc) is 3.08. The molecule has 0 aliphatic heterocycles. The Morgan fingerprint density at radius 1 is 1.22 bits per heavy atom. The minimum Gasteiger partial charge on any atom is -0.484 e. The molecule has 3 rings (SSSR count). The summed E-state index contributed by atoms with van der Waals surface area (Å²) in [5.41, 5.74) is 1.43. The van der Waals surface area contributed by atoms with E-state index >= 15 is 0 Å². The number of benzene rings is 2. The van der Waals surface area contributed by atoms with Gasteiger partial charge < -0.3 is 10.1 Å². The van der Waals surface area contributed by atoms with E-state index in [4.69, 9.17) is 16.3 Å². The highest BCUT2D eigenvalue weighted by Crippen LogP contribution is 2.17. The third kappa shape index (κ3) is 4.08. The van der Waals surface area contributed by atoms with Crippen LogP contribution in [0.2, 0.25) is 5.02 Å². The molecule has 1 amide bonds. The minimum absolute atomic E-state index is 0.104. The van der Waals surface area contributed by atoms with Crippen molar-refractivity contribution < 1.29 is 9.53 Å². The van der Waals surface area contributed by atoms with E-state index in [9.17, 15) is 4.79 Å². The van der Waals surface area contributed by atoms with Crippen LogP contribution in [-0.4, -0.2) is 27.3 Å². The molecule has 23 heavy (non-hydrogen) atoms. The number of carbonyl (C=O) groups excluding carboxylic acids is 1. The van der Waals surface area contributed by atoms with Gasteiger partial charge in [0.1, 0.15) is 18.4 Å². The van der Waals surface area contributed by atoms with Crippen molar-refractivity contribution in [3.8, 4) is 11.4 Å². The van der Waals surface area contributed by atoms with Crippen molar-refractivity contribution in [3.63, 3.8) is 0 Å². The molecule has 0 saturated heterocycles. The van der Waals surface area contributed by atoms with Crippen LogP contribution >= 0.6 is 11.6 Å². The van der Waals surface area contributed by atoms with Crippen LogP contribution in [0.4, 0.5) is 5.69 Å². The Hall–Kier alpha value is -2.86. The molecule has 0 fully saturated rings. The van der Waals surface area contributed by atoms with E-state index in [2.05, 4.69) is 15.4 Å². The first-order chi connectivity index (χ1) is 11.2. The minimum atomic E-state index is -0.265. The first-order valence-electron chi connectivity index (χ1n) is 6.84. The predicted octanol–water partition coefficient (Wildman–Crippen LogP) is 2.94. The number of aromatic nitrogens is 3. The van der Waals surface area contributed by atoms with Gasteiger partial charge >= 0.3 is 0 Å².